The molecule has 2 heterocycles. The maximum atomic E-state index is 10.8. The number of rotatable bonds is 2. The minimum atomic E-state index is -0.909. The third-order valence-corrected chi connectivity index (χ3v) is 2.85. The van der Waals surface area contributed by atoms with Crippen molar-refractivity contribution in [2.75, 3.05) is 6.61 Å². The zero-order chi connectivity index (χ0) is 9.26. The van der Waals surface area contributed by atoms with Crippen molar-refractivity contribution in [1.82, 2.24) is 4.98 Å². The summed E-state index contributed by atoms with van der Waals surface area (Å²) in [5.41, 5.74) is 2.15. The van der Waals surface area contributed by atoms with Crippen molar-refractivity contribution in [3.05, 3.63) is 16.1 Å². The van der Waals surface area contributed by atoms with E-state index in [-0.39, 0.29) is 6.10 Å². The van der Waals surface area contributed by atoms with Crippen LogP contribution in [-0.2, 0) is 4.74 Å². The Morgan fingerprint density at radius 2 is 2.62 bits per heavy atom. The Balaban J connectivity index is 2.28. The number of aromatic carboxylic acids is 1. The molecule has 1 aliphatic heterocycles. The minimum absolute atomic E-state index is 0.0997. The molecule has 1 atom stereocenters. The van der Waals surface area contributed by atoms with Gasteiger partial charge in [0.1, 0.15) is 11.0 Å². The molecule has 1 aromatic rings. The highest BCUT2D eigenvalue weighted by Gasteiger charge is 2.25. The summed E-state index contributed by atoms with van der Waals surface area (Å²) in [7, 11) is 0. The highest BCUT2D eigenvalue weighted by atomic mass is 32.1. The lowest BCUT2D eigenvalue weighted by atomic mass is 10.1. The molecule has 0 spiro atoms. The third-order valence-electron chi connectivity index (χ3n) is 2.02. The van der Waals surface area contributed by atoms with Gasteiger partial charge in [0.05, 0.1) is 11.2 Å². The number of carboxylic acids is 1. The zero-order valence-electron chi connectivity index (χ0n) is 6.90. The van der Waals surface area contributed by atoms with Gasteiger partial charge < -0.3 is 9.84 Å². The van der Waals surface area contributed by atoms with Crippen LogP contribution in [0.1, 0.15) is 34.3 Å². The molecule has 1 saturated heterocycles. The molecule has 0 saturated carbocycles. The first-order valence-electron chi connectivity index (χ1n) is 4.07. The Kier molecular flexibility index (Phi) is 2.28. The summed E-state index contributed by atoms with van der Waals surface area (Å²) in [6.07, 6.45) is 1.77. The first kappa shape index (κ1) is 8.65. The minimum Gasteiger partial charge on any atom is -0.477 e. The lowest BCUT2D eigenvalue weighted by Gasteiger charge is -2.06. The zero-order valence-corrected chi connectivity index (χ0v) is 7.71. The van der Waals surface area contributed by atoms with Crippen LogP contribution in [0, 0.1) is 0 Å². The van der Waals surface area contributed by atoms with Gasteiger partial charge in [0.2, 0.25) is 0 Å². The van der Waals surface area contributed by atoms with Crippen molar-refractivity contribution < 1.29 is 14.6 Å². The van der Waals surface area contributed by atoms with Gasteiger partial charge in [-0.25, -0.2) is 9.78 Å². The van der Waals surface area contributed by atoms with Gasteiger partial charge in [-0.3, -0.25) is 0 Å². The Hall–Kier alpha value is -0.940. The van der Waals surface area contributed by atoms with E-state index in [9.17, 15) is 4.79 Å². The molecule has 0 bridgehead atoms. The number of nitrogens with zero attached hydrogens (tertiary/aromatic N) is 1. The molecular weight excluding hydrogens is 190 g/mol. The summed E-state index contributed by atoms with van der Waals surface area (Å²) < 4.78 is 5.37. The molecule has 0 radical (unpaired) electrons. The fourth-order valence-corrected chi connectivity index (χ4v) is 2.11. The molecule has 5 heteroatoms. The molecule has 2 rings (SSSR count). The van der Waals surface area contributed by atoms with Gasteiger partial charge >= 0.3 is 5.97 Å². The number of ether oxygens (including phenoxy) is 1. The van der Waals surface area contributed by atoms with E-state index >= 15 is 0 Å². The van der Waals surface area contributed by atoms with E-state index in [0.29, 0.717) is 17.2 Å². The van der Waals surface area contributed by atoms with Crippen LogP contribution < -0.4 is 0 Å². The Morgan fingerprint density at radius 1 is 1.77 bits per heavy atom. The van der Waals surface area contributed by atoms with Crippen molar-refractivity contribution in [3.8, 4) is 0 Å². The Bertz CT molecular complexity index is 317. The van der Waals surface area contributed by atoms with Crippen molar-refractivity contribution in [2.24, 2.45) is 0 Å². The second-order valence-electron chi connectivity index (χ2n) is 2.87. The third kappa shape index (κ3) is 1.57. The van der Waals surface area contributed by atoms with E-state index in [1.54, 1.807) is 5.51 Å². The summed E-state index contributed by atoms with van der Waals surface area (Å²) >= 11 is 1.15. The highest BCUT2D eigenvalue weighted by Crippen LogP contribution is 2.31. The highest BCUT2D eigenvalue weighted by molar-refractivity contribution is 7.11. The maximum Gasteiger partial charge on any atom is 0.347 e. The summed E-state index contributed by atoms with van der Waals surface area (Å²) in [6, 6.07) is 0. The van der Waals surface area contributed by atoms with Gasteiger partial charge in [-0.05, 0) is 12.8 Å². The fraction of sp³-hybridized carbons (Fsp3) is 0.500. The monoisotopic (exact) mass is 199 g/mol. The van der Waals surface area contributed by atoms with Crippen LogP contribution in [0.2, 0.25) is 0 Å². The van der Waals surface area contributed by atoms with Crippen LogP contribution in [0.3, 0.4) is 0 Å². The van der Waals surface area contributed by atoms with Crippen LogP contribution in [0.4, 0.5) is 0 Å². The second-order valence-corrected chi connectivity index (χ2v) is 3.73. The van der Waals surface area contributed by atoms with Crippen LogP contribution in [-0.4, -0.2) is 22.7 Å². The molecule has 4 nitrogen and oxygen atoms in total. The number of hydrogen-bond acceptors (Lipinski definition) is 4. The summed E-state index contributed by atoms with van der Waals surface area (Å²) in [4.78, 5) is 15.1. The van der Waals surface area contributed by atoms with Crippen LogP contribution in [0.5, 0.6) is 0 Å². The summed E-state index contributed by atoms with van der Waals surface area (Å²) in [6.45, 7) is 0.710. The standard InChI is InChI=1S/C8H9NO3S/c10-8(11)7-6(9-4-13-7)5-2-1-3-12-5/h4-5H,1-3H2,(H,10,11)/t5-/m1/s1. The quantitative estimate of drug-likeness (QED) is 0.787. The number of aromatic nitrogens is 1. The predicted molar refractivity (Wildman–Crippen MR) is 47.0 cm³/mol. The summed E-state index contributed by atoms with van der Waals surface area (Å²) in [5, 5.41) is 8.83. The molecule has 1 fully saturated rings. The molecule has 1 aromatic heterocycles. The van der Waals surface area contributed by atoms with Gasteiger partial charge in [0, 0.05) is 6.61 Å². The van der Waals surface area contributed by atoms with Crippen molar-refractivity contribution in [2.45, 2.75) is 18.9 Å². The smallest absolute Gasteiger partial charge is 0.347 e. The van der Waals surface area contributed by atoms with Crippen molar-refractivity contribution in [1.29, 1.82) is 0 Å². The van der Waals surface area contributed by atoms with E-state index in [4.69, 9.17) is 9.84 Å². The van der Waals surface area contributed by atoms with E-state index in [1.807, 2.05) is 0 Å². The van der Waals surface area contributed by atoms with E-state index < -0.39 is 5.97 Å². The number of carboxylic acid groups (broad SMARTS) is 1. The lowest BCUT2D eigenvalue weighted by Crippen LogP contribution is -2.04. The molecule has 1 N–H and O–H groups in total. The van der Waals surface area contributed by atoms with E-state index in [0.717, 1.165) is 24.2 Å². The first-order valence-corrected chi connectivity index (χ1v) is 4.95. The summed E-state index contributed by atoms with van der Waals surface area (Å²) in [5.74, 6) is -0.909. The van der Waals surface area contributed by atoms with Gasteiger partial charge in [-0.1, -0.05) is 0 Å². The predicted octanol–water partition coefficient (Wildman–Crippen LogP) is 1.69. The molecule has 0 unspecified atom stereocenters. The molecule has 13 heavy (non-hydrogen) atoms. The molecular formula is C8H9NO3S. The molecule has 0 amide bonds. The van der Waals surface area contributed by atoms with Crippen LogP contribution in [0.15, 0.2) is 5.51 Å². The second kappa shape index (κ2) is 3.43. The van der Waals surface area contributed by atoms with Gasteiger partial charge in [-0.15, -0.1) is 11.3 Å². The van der Waals surface area contributed by atoms with E-state index in [1.165, 1.54) is 0 Å². The fourth-order valence-electron chi connectivity index (χ4n) is 1.44. The lowest BCUT2D eigenvalue weighted by molar-refractivity contribution is 0.0686. The average Bonchev–Trinajstić information content (AvgIpc) is 2.74. The molecule has 0 aliphatic carbocycles. The molecule has 1 aliphatic rings. The Labute approximate surface area is 79.2 Å². The molecule has 70 valence electrons. The Morgan fingerprint density at radius 3 is 3.23 bits per heavy atom. The average molecular weight is 199 g/mol. The van der Waals surface area contributed by atoms with Gasteiger partial charge in [-0.2, -0.15) is 0 Å². The maximum absolute atomic E-state index is 10.8. The molecule has 0 aromatic carbocycles. The van der Waals surface area contributed by atoms with Crippen LogP contribution >= 0.6 is 11.3 Å². The van der Waals surface area contributed by atoms with Crippen molar-refractivity contribution >= 4 is 17.3 Å². The SMILES string of the molecule is O=C(O)c1scnc1[C@H]1CCCO1. The topological polar surface area (TPSA) is 59.4 Å². The first-order chi connectivity index (χ1) is 6.29. The van der Waals surface area contributed by atoms with E-state index in [2.05, 4.69) is 4.98 Å². The van der Waals surface area contributed by atoms with Gasteiger partial charge in [0.15, 0.2) is 0 Å². The normalized spacial score (nSPS) is 22.0. The number of thiazole rings is 1. The number of hydrogen-bond donors (Lipinski definition) is 1. The van der Waals surface area contributed by atoms with Crippen LogP contribution in [0.25, 0.3) is 0 Å². The largest absolute Gasteiger partial charge is 0.477 e. The van der Waals surface area contributed by atoms with Gasteiger partial charge in [0.25, 0.3) is 0 Å². The van der Waals surface area contributed by atoms with Crippen molar-refractivity contribution in [3.63, 3.8) is 0 Å². The number of carbonyl (C=O) groups is 1.